The van der Waals surface area contributed by atoms with Crippen molar-refractivity contribution < 1.29 is 44.0 Å². The van der Waals surface area contributed by atoms with E-state index < -0.39 is 0 Å². The Morgan fingerprint density at radius 3 is 1.07 bits per heavy atom. The van der Waals surface area contributed by atoms with Crippen LogP contribution >= 0.6 is 15.8 Å². The van der Waals surface area contributed by atoms with Crippen LogP contribution in [0.2, 0.25) is 0 Å². The van der Waals surface area contributed by atoms with Crippen LogP contribution in [0.3, 0.4) is 0 Å². The first-order valence-electron chi connectivity index (χ1n) is 16.2. The molecule has 0 amide bonds. The van der Waals surface area contributed by atoms with Crippen molar-refractivity contribution in [3.8, 4) is 0 Å². The summed E-state index contributed by atoms with van der Waals surface area (Å²) in [4.78, 5) is 0. The molecule has 4 rings (SSSR count). The molecule has 0 saturated carbocycles. The van der Waals surface area contributed by atoms with Gasteiger partial charge >= 0.3 is 266 Å². The molecule has 0 saturated heterocycles. The molecule has 0 radical (unpaired) electrons. The molecule has 5 heteroatoms. The van der Waals surface area contributed by atoms with Gasteiger partial charge in [0.2, 0.25) is 0 Å². The second-order valence-corrected chi connectivity index (χ2v) is 21.6. The molecule has 2 atom stereocenters. The van der Waals surface area contributed by atoms with Gasteiger partial charge in [0.1, 0.15) is 0 Å². The summed E-state index contributed by atoms with van der Waals surface area (Å²) in [5.74, 6) is 3.02. The second-order valence-electron chi connectivity index (χ2n) is 14.6. The van der Waals surface area contributed by atoms with Crippen molar-refractivity contribution in [2.45, 2.75) is 91.5 Å². The Morgan fingerprint density at radius 1 is 0.512 bits per heavy atom. The van der Waals surface area contributed by atoms with E-state index in [1.165, 1.54) is 46.9 Å². The van der Waals surface area contributed by atoms with Gasteiger partial charge < -0.3 is 24.8 Å². The minimum Gasteiger partial charge on any atom is -1.00 e. The van der Waals surface area contributed by atoms with Crippen LogP contribution in [-0.4, -0.2) is 24.6 Å². The Balaban J connectivity index is 0.00000323. The number of benzene rings is 2. The first kappa shape index (κ1) is 39.3. The summed E-state index contributed by atoms with van der Waals surface area (Å²) in [7, 11) is -0.263. The summed E-state index contributed by atoms with van der Waals surface area (Å²) in [5, 5.41) is 3.73. The summed E-state index contributed by atoms with van der Waals surface area (Å²) in [6, 6.07) is 9.62. The number of hydrogen-bond donors (Lipinski definition) is 0. The maximum absolute atomic E-state index is 2.73. The first-order chi connectivity index (χ1) is 19.3. The van der Waals surface area contributed by atoms with Crippen molar-refractivity contribution in [1.29, 1.82) is 0 Å². The first-order valence-corrected chi connectivity index (χ1v) is 21.4. The van der Waals surface area contributed by atoms with Gasteiger partial charge in [0.25, 0.3) is 0 Å². The largest absolute Gasteiger partial charge is 1.00 e. The number of fused-ring (bicyclic) bond motifs is 2. The third kappa shape index (κ3) is 9.12. The monoisotopic (exact) mass is 692 g/mol. The predicted molar refractivity (Wildman–Crippen MR) is 186 cm³/mol. The number of hydrogen-bond acceptors (Lipinski definition) is 0. The van der Waals surface area contributed by atoms with E-state index in [0.717, 1.165) is 23.7 Å². The maximum atomic E-state index is 2.73. The molecular weight excluding hydrogens is 637 g/mol. The van der Waals surface area contributed by atoms with Gasteiger partial charge in [-0.1, -0.05) is 0 Å². The molecule has 0 nitrogen and oxygen atoms in total. The standard InChI is InChI=1S/2C19H28P.2ClH.Ti/c2*1-13(2)11-20(12-14(3)4)17-9-18-15(5)7-8-16(6)19(18)10-17;;;/h2*7-10,13-14H,11-12H2,1-6H3;2*1H;/q;;;;+2/p-2. The molecule has 236 valence electrons. The molecule has 2 aliphatic rings. The molecule has 43 heavy (non-hydrogen) atoms. The second kappa shape index (κ2) is 16.8. The molecule has 2 aliphatic carbocycles. The van der Waals surface area contributed by atoms with Crippen LogP contribution < -0.4 is 24.8 Å². The molecule has 0 spiro atoms. The van der Waals surface area contributed by atoms with Crippen molar-refractivity contribution in [3.63, 3.8) is 0 Å². The van der Waals surface area contributed by atoms with Gasteiger partial charge in [-0.15, -0.1) is 0 Å². The zero-order valence-electron chi connectivity index (χ0n) is 28.9. The van der Waals surface area contributed by atoms with Gasteiger partial charge in [0, 0.05) is 0 Å². The average molecular weight is 694 g/mol. The Hall–Kier alpha value is 0.0743. The molecule has 0 bridgehead atoms. The van der Waals surface area contributed by atoms with Crippen LogP contribution in [0.4, 0.5) is 0 Å². The van der Waals surface area contributed by atoms with Crippen LogP contribution in [0, 0.1) is 51.4 Å². The SMILES string of the molecule is Cc1ccc(C)c2c1C=C(P(CC(C)C)CC(C)C)[CH]2[Ti+2][CH]1C(P(CC(C)C)CC(C)C)=Cc2c(C)ccc(C)c21.[Cl-].[Cl-]. The molecule has 0 heterocycles. The zero-order chi connectivity index (χ0) is 30.2. The van der Waals surface area contributed by atoms with Crippen LogP contribution in [0.15, 0.2) is 34.9 Å². The van der Waals surface area contributed by atoms with E-state index >= 15 is 0 Å². The molecule has 0 aromatic heterocycles. The zero-order valence-corrected chi connectivity index (χ0v) is 33.8. The van der Waals surface area contributed by atoms with Crippen molar-refractivity contribution in [2.24, 2.45) is 23.7 Å². The Bertz CT molecular complexity index is 1190. The minimum atomic E-state index is -0.369. The fourth-order valence-electron chi connectivity index (χ4n) is 7.00. The van der Waals surface area contributed by atoms with Gasteiger partial charge in [0.05, 0.1) is 0 Å². The van der Waals surface area contributed by atoms with Gasteiger partial charge in [-0.25, -0.2) is 0 Å². The van der Waals surface area contributed by atoms with E-state index in [9.17, 15) is 0 Å². The van der Waals surface area contributed by atoms with E-state index in [-0.39, 0.29) is 59.8 Å². The third-order valence-electron chi connectivity index (χ3n) is 8.61. The number of allylic oxidation sites excluding steroid dienone is 2. The minimum absolute atomic E-state index is 0. The van der Waals surface area contributed by atoms with E-state index in [1.54, 1.807) is 22.3 Å². The molecule has 0 aliphatic heterocycles. The van der Waals surface area contributed by atoms with Crippen molar-refractivity contribution in [1.82, 2.24) is 0 Å². The fraction of sp³-hybridized carbons (Fsp3) is 0.579. The summed E-state index contributed by atoms with van der Waals surface area (Å²) in [6.45, 7) is 29.1. The smallest absolute Gasteiger partial charge is 1.00 e. The van der Waals surface area contributed by atoms with Gasteiger partial charge in [-0.3, -0.25) is 0 Å². The van der Waals surface area contributed by atoms with Gasteiger partial charge in [0.15, 0.2) is 0 Å². The molecule has 0 fully saturated rings. The number of halogens is 2. The Labute approximate surface area is 289 Å². The van der Waals surface area contributed by atoms with Crippen LogP contribution in [0.25, 0.3) is 12.2 Å². The van der Waals surface area contributed by atoms with E-state index in [2.05, 4.69) is 120 Å². The summed E-state index contributed by atoms with van der Waals surface area (Å²) in [6.07, 6.45) is 11.0. The average Bonchev–Trinajstić information content (AvgIpc) is 3.43. The van der Waals surface area contributed by atoms with Gasteiger partial charge in [-0.2, -0.15) is 0 Å². The summed E-state index contributed by atoms with van der Waals surface area (Å²) >= 11 is -0.369. The quantitative estimate of drug-likeness (QED) is 0.187. The summed E-state index contributed by atoms with van der Waals surface area (Å²) < 4.78 is 1.34. The van der Waals surface area contributed by atoms with Crippen LogP contribution in [0.5, 0.6) is 0 Å². The Morgan fingerprint density at radius 2 is 0.791 bits per heavy atom. The van der Waals surface area contributed by atoms with Gasteiger partial charge in [-0.05, 0) is 0 Å². The topological polar surface area (TPSA) is 0 Å². The normalized spacial score (nSPS) is 17.3. The van der Waals surface area contributed by atoms with Crippen molar-refractivity contribution in [2.75, 3.05) is 24.6 Å². The Kier molecular flexibility index (Phi) is 15.3. The molecule has 2 aromatic rings. The maximum Gasteiger partial charge on any atom is -1.00 e. The number of aryl methyl sites for hydroxylation is 4. The van der Waals surface area contributed by atoms with Crippen molar-refractivity contribution >= 4 is 28.0 Å². The third-order valence-corrected chi connectivity index (χ3v) is 19.2. The molecule has 2 unspecified atom stereocenters. The fourth-order valence-corrected chi connectivity index (χ4v) is 18.6. The molecular formula is C38H56Cl2P2Ti. The van der Waals surface area contributed by atoms with Crippen LogP contribution in [-0.2, 0) is 19.2 Å². The molecule has 2 aromatic carbocycles. The van der Waals surface area contributed by atoms with Crippen LogP contribution in [0.1, 0.15) is 108 Å². The molecule has 0 N–H and O–H groups in total. The van der Waals surface area contributed by atoms with E-state index in [1.807, 2.05) is 10.6 Å². The van der Waals surface area contributed by atoms with E-state index in [4.69, 9.17) is 0 Å². The summed E-state index contributed by atoms with van der Waals surface area (Å²) in [5.41, 5.74) is 12.6. The predicted octanol–water partition coefficient (Wildman–Crippen LogP) is 6.09. The number of rotatable bonds is 12. The van der Waals surface area contributed by atoms with E-state index in [0.29, 0.717) is 8.45 Å². The van der Waals surface area contributed by atoms with Crippen molar-refractivity contribution in [3.05, 3.63) is 79.4 Å².